The molecule has 2 aromatic heterocycles. The van der Waals surface area contributed by atoms with Crippen LogP contribution in [0.3, 0.4) is 0 Å². The minimum Gasteiger partial charge on any atom is -0.493 e. The van der Waals surface area contributed by atoms with E-state index in [1.165, 1.54) is 25.2 Å². The van der Waals surface area contributed by atoms with E-state index in [1.54, 1.807) is 17.8 Å². The van der Waals surface area contributed by atoms with E-state index in [9.17, 15) is 8.78 Å². The number of nitrogens with one attached hydrogen (secondary N) is 1. The van der Waals surface area contributed by atoms with E-state index >= 15 is 0 Å². The molecule has 3 N–H and O–H groups in total. The lowest BCUT2D eigenvalue weighted by Gasteiger charge is -2.16. The third-order valence-electron chi connectivity index (χ3n) is 4.31. The molecule has 3 heterocycles. The van der Waals surface area contributed by atoms with Gasteiger partial charge in [0, 0.05) is 35.4 Å². The third-order valence-corrected chi connectivity index (χ3v) is 4.94. The fourth-order valence-corrected chi connectivity index (χ4v) is 3.55. The molecule has 0 aliphatic carbocycles. The van der Waals surface area contributed by atoms with Crippen LogP contribution in [0.15, 0.2) is 42.6 Å². The lowest BCUT2D eigenvalue weighted by molar-refractivity contribution is 0.242. The average molecular weight is 447 g/mol. The summed E-state index contributed by atoms with van der Waals surface area (Å²) in [4.78, 5) is 8.58. The van der Waals surface area contributed by atoms with Crippen LogP contribution >= 0.6 is 11.8 Å². The van der Waals surface area contributed by atoms with Gasteiger partial charge in [0.2, 0.25) is 5.88 Å². The zero-order chi connectivity index (χ0) is 22.2. The number of hydrogen-bond donors (Lipinski definition) is 2. The van der Waals surface area contributed by atoms with E-state index in [4.69, 9.17) is 9.47 Å². The van der Waals surface area contributed by atoms with Gasteiger partial charge in [0.05, 0.1) is 19.4 Å². The van der Waals surface area contributed by atoms with E-state index < -0.39 is 11.6 Å². The Morgan fingerprint density at radius 2 is 1.84 bits per heavy atom. The molecule has 6 nitrogen and oxygen atoms in total. The zero-order valence-electron chi connectivity index (χ0n) is 17.3. The highest BCUT2D eigenvalue weighted by Crippen LogP contribution is 2.34. The van der Waals surface area contributed by atoms with E-state index in [0.717, 1.165) is 17.5 Å². The Bertz CT molecular complexity index is 1040. The number of fused-ring (bicyclic) bond motifs is 6. The number of anilines is 2. The molecule has 0 unspecified atom stereocenters. The predicted octanol–water partition coefficient (Wildman–Crippen LogP) is 4.76. The summed E-state index contributed by atoms with van der Waals surface area (Å²) in [6.45, 7) is 0.684. The maximum absolute atomic E-state index is 14.6. The first kappa shape index (κ1) is 22.8. The maximum atomic E-state index is 14.6. The van der Waals surface area contributed by atoms with Crippen molar-refractivity contribution in [2.45, 2.75) is 12.2 Å². The van der Waals surface area contributed by atoms with Crippen molar-refractivity contribution in [3.63, 3.8) is 0 Å². The van der Waals surface area contributed by atoms with Gasteiger partial charge in [-0.1, -0.05) is 0 Å². The molecule has 0 saturated heterocycles. The summed E-state index contributed by atoms with van der Waals surface area (Å²) in [5, 5.41) is 3.11. The van der Waals surface area contributed by atoms with Crippen molar-refractivity contribution in [3.05, 3.63) is 59.8 Å². The first-order valence-corrected chi connectivity index (χ1v) is 11.1. The third kappa shape index (κ3) is 5.83. The van der Waals surface area contributed by atoms with Crippen LogP contribution in [-0.4, -0.2) is 36.5 Å². The number of thioether (sulfide) groups is 1. The van der Waals surface area contributed by atoms with Gasteiger partial charge in [-0.2, -0.15) is 16.7 Å². The highest BCUT2D eigenvalue weighted by molar-refractivity contribution is 7.97. The fraction of sp³-hybridized carbons (Fsp3) is 0.273. The second kappa shape index (κ2) is 10.9. The lowest BCUT2D eigenvalue weighted by Crippen LogP contribution is -2.08. The number of nitrogens with zero attached hydrogens (tertiary/aromatic N) is 2. The maximum Gasteiger partial charge on any atom is 0.215 e. The van der Waals surface area contributed by atoms with E-state index in [0.29, 0.717) is 42.7 Å². The van der Waals surface area contributed by atoms with Gasteiger partial charge in [-0.05, 0) is 43.1 Å². The van der Waals surface area contributed by atoms with E-state index in [-0.39, 0.29) is 11.3 Å². The van der Waals surface area contributed by atoms with Gasteiger partial charge in [0.1, 0.15) is 29.0 Å². The van der Waals surface area contributed by atoms with Crippen molar-refractivity contribution in [2.75, 3.05) is 31.8 Å². The number of hydrogen-bond acceptors (Lipinski definition) is 7. The zero-order valence-corrected chi connectivity index (χ0v) is 18.1. The summed E-state index contributed by atoms with van der Waals surface area (Å²) in [5.41, 5.74) is 6.28. The normalized spacial score (nSPS) is 12.7. The Balaban J connectivity index is 0.00000132. The Morgan fingerprint density at radius 1 is 1.03 bits per heavy atom. The molecule has 9 heteroatoms. The molecule has 0 saturated carbocycles. The Kier molecular flexibility index (Phi) is 8.02. The molecule has 3 aromatic rings. The van der Waals surface area contributed by atoms with Crippen LogP contribution < -0.4 is 20.5 Å². The lowest BCUT2D eigenvalue weighted by atomic mass is 10.0. The molecule has 31 heavy (non-hydrogen) atoms. The van der Waals surface area contributed by atoms with Crippen LogP contribution in [-0.2, 0) is 5.75 Å². The molecule has 0 radical (unpaired) electrons. The van der Waals surface area contributed by atoms with Crippen LogP contribution in [0.1, 0.15) is 12.0 Å². The van der Waals surface area contributed by atoms with Crippen molar-refractivity contribution < 1.29 is 18.3 Å². The van der Waals surface area contributed by atoms with Gasteiger partial charge >= 0.3 is 0 Å². The van der Waals surface area contributed by atoms with Gasteiger partial charge < -0.3 is 20.5 Å². The summed E-state index contributed by atoms with van der Waals surface area (Å²) in [6.07, 6.45) is 3.71. The van der Waals surface area contributed by atoms with Crippen LogP contribution in [0.25, 0.3) is 11.1 Å². The number of halogens is 2. The topological polar surface area (TPSA) is 82.3 Å². The molecule has 0 spiro atoms. The molecular formula is C22H24F2N4O2S. The highest BCUT2D eigenvalue weighted by atomic mass is 32.2. The number of pyridine rings is 2. The quantitative estimate of drug-likeness (QED) is 0.587. The van der Waals surface area contributed by atoms with Crippen LogP contribution in [0.2, 0.25) is 0 Å². The summed E-state index contributed by atoms with van der Waals surface area (Å²) in [5.74, 6) is 1.57. The van der Waals surface area contributed by atoms with Crippen LogP contribution in [0.5, 0.6) is 11.6 Å². The second-order valence-corrected chi connectivity index (χ2v) is 7.36. The Hall–Kier alpha value is -2.91. The van der Waals surface area contributed by atoms with Gasteiger partial charge in [-0.15, -0.1) is 0 Å². The van der Waals surface area contributed by atoms with Crippen molar-refractivity contribution in [2.24, 2.45) is 5.73 Å². The number of benzene rings is 1. The molecule has 0 fully saturated rings. The summed E-state index contributed by atoms with van der Waals surface area (Å²) >= 11 is 1.69. The molecule has 1 aromatic carbocycles. The van der Waals surface area contributed by atoms with Crippen molar-refractivity contribution >= 4 is 23.4 Å². The number of aromatic nitrogens is 2. The molecule has 1 aliphatic rings. The second-order valence-electron chi connectivity index (χ2n) is 6.50. The summed E-state index contributed by atoms with van der Waals surface area (Å²) in [7, 11) is 1.50. The van der Waals surface area contributed by atoms with Gasteiger partial charge in [0.15, 0.2) is 0 Å². The monoisotopic (exact) mass is 446 g/mol. The molecule has 0 atom stereocenters. The summed E-state index contributed by atoms with van der Waals surface area (Å²) in [6, 6.07) is 9.40. The molecule has 4 bridgehead atoms. The minimum atomic E-state index is -0.521. The molecule has 1 aliphatic heterocycles. The largest absolute Gasteiger partial charge is 0.493 e. The number of ether oxygens (including phenoxy) is 2. The first-order valence-electron chi connectivity index (χ1n) is 9.68. The van der Waals surface area contributed by atoms with Gasteiger partial charge in [-0.25, -0.2) is 13.8 Å². The smallest absolute Gasteiger partial charge is 0.215 e. The van der Waals surface area contributed by atoms with Crippen molar-refractivity contribution in [1.29, 1.82) is 0 Å². The first-order chi connectivity index (χ1) is 15.1. The van der Waals surface area contributed by atoms with E-state index in [1.807, 2.05) is 18.4 Å². The van der Waals surface area contributed by atoms with E-state index in [2.05, 4.69) is 21.0 Å². The fourth-order valence-electron chi connectivity index (χ4n) is 3.05. The van der Waals surface area contributed by atoms with Crippen molar-refractivity contribution in [3.8, 4) is 22.8 Å². The number of rotatable bonds is 2. The molecule has 164 valence electrons. The minimum absolute atomic E-state index is 0.270. The highest BCUT2D eigenvalue weighted by Gasteiger charge is 2.15. The Labute approximate surface area is 184 Å². The molecule has 0 amide bonds. The Morgan fingerprint density at radius 3 is 2.65 bits per heavy atom. The molecule has 4 rings (SSSR count). The molecular weight excluding hydrogens is 422 g/mol. The number of nitrogens with two attached hydrogens (primary N) is 1. The van der Waals surface area contributed by atoms with Crippen molar-refractivity contribution in [1.82, 2.24) is 9.97 Å². The SMILES string of the molecule is CN.CSCc1cc2nc(c1)OCCCOc1cc(F)ccc1-c1cc(ncc1F)N2. The van der Waals surface area contributed by atoms with Crippen LogP contribution in [0, 0.1) is 11.6 Å². The standard InChI is InChI=1S/C21H19F2N3O2S.CH5N/c1-29-12-13-7-20-25-19-10-16(17(23)11-24-19)15-4-3-14(22)9-18(15)27-5-2-6-28-21(8-13)26-20;1-2/h3-4,7-11H,2,5-6,12H2,1H3,(H,24,25,26);2H2,1H3. The van der Waals surface area contributed by atoms with Gasteiger partial charge in [-0.3, -0.25) is 0 Å². The van der Waals surface area contributed by atoms with Crippen LogP contribution in [0.4, 0.5) is 20.4 Å². The average Bonchev–Trinajstić information content (AvgIpc) is 2.76. The summed E-state index contributed by atoms with van der Waals surface area (Å²) < 4.78 is 39.8. The predicted molar refractivity (Wildman–Crippen MR) is 120 cm³/mol. The van der Waals surface area contributed by atoms with Gasteiger partial charge in [0.25, 0.3) is 0 Å².